The normalized spacial score (nSPS) is 11.4. The number of hydrogen-bond acceptors (Lipinski definition) is 3. The van der Waals surface area contributed by atoms with Gasteiger partial charge in [-0.3, -0.25) is 4.79 Å². The summed E-state index contributed by atoms with van der Waals surface area (Å²) in [5, 5.41) is 11.1. The minimum absolute atomic E-state index is 0.308. The number of carbonyl (C=O) groups is 3. The van der Waals surface area contributed by atoms with Gasteiger partial charge in [0.05, 0.1) is 6.42 Å². The number of carbonyl (C=O) groups excluding carboxylic acids is 2. The lowest BCUT2D eigenvalue weighted by molar-refractivity contribution is -0.140. The fourth-order valence-electron chi connectivity index (χ4n) is 1.34. The zero-order valence-electron chi connectivity index (χ0n) is 10.4. The van der Waals surface area contributed by atoms with Crippen molar-refractivity contribution < 1.29 is 19.5 Å². The van der Waals surface area contributed by atoms with Crippen LogP contribution in [-0.4, -0.2) is 47.0 Å². The van der Waals surface area contributed by atoms with Crippen molar-refractivity contribution in [3.8, 4) is 0 Å². The number of rotatable bonds is 8. The molecule has 0 aromatic rings. The Morgan fingerprint density at radius 1 is 1.50 bits per heavy atom. The molecule has 0 unspecified atom stereocenters. The average Bonchev–Trinajstić information content (AvgIpc) is 2.27. The van der Waals surface area contributed by atoms with Gasteiger partial charge in [0.15, 0.2) is 0 Å². The van der Waals surface area contributed by atoms with Crippen molar-refractivity contribution >= 4 is 17.9 Å². The van der Waals surface area contributed by atoms with Crippen molar-refractivity contribution in [1.29, 1.82) is 0 Å². The average molecular weight is 257 g/mol. The second-order valence-corrected chi connectivity index (χ2v) is 3.75. The van der Waals surface area contributed by atoms with E-state index in [1.54, 1.807) is 6.08 Å². The van der Waals surface area contributed by atoms with E-state index in [1.165, 1.54) is 4.90 Å². The monoisotopic (exact) mass is 257 g/mol. The molecule has 0 rings (SSSR count). The number of nitrogens with two attached hydrogens (primary N) is 1. The summed E-state index contributed by atoms with van der Waals surface area (Å²) in [7, 11) is 0. The molecule has 4 N–H and O–H groups in total. The smallest absolute Gasteiger partial charge is 0.326 e. The predicted molar refractivity (Wildman–Crippen MR) is 65.8 cm³/mol. The Morgan fingerprint density at radius 2 is 2.11 bits per heavy atom. The van der Waals surface area contributed by atoms with Crippen LogP contribution in [-0.2, 0) is 9.59 Å². The molecular weight excluding hydrogens is 238 g/mol. The molecule has 0 aliphatic rings. The van der Waals surface area contributed by atoms with E-state index in [0.717, 1.165) is 6.42 Å². The number of aliphatic carboxylic acids is 1. The molecule has 102 valence electrons. The van der Waals surface area contributed by atoms with Crippen LogP contribution in [0.5, 0.6) is 0 Å². The topological polar surface area (TPSA) is 113 Å². The number of hydrogen-bond donors (Lipinski definition) is 3. The maximum Gasteiger partial charge on any atom is 0.326 e. The number of carboxylic acid groups (broad SMARTS) is 1. The summed E-state index contributed by atoms with van der Waals surface area (Å²) >= 11 is 0. The van der Waals surface area contributed by atoms with Gasteiger partial charge in [0.25, 0.3) is 0 Å². The molecule has 3 amide bonds. The van der Waals surface area contributed by atoms with E-state index in [2.05, 4.69) is 11.9 Å². The van der Waals surface area contributed by atoms with E-state index in [9.17, 15) is 14.4 Å². The molecule has 0 aromatic heterocycles. The third kappa shape index (κ3) is 5.88. The fourth-order valence-corrected chi connectivity index (χ4v) is 1.34. The first-order valence-electron chi connectivity index (χ1n) is 5.59. The first-order valence-corrected chi connectivity index (χ1v) is 5.59. The van der Waals surface area contributed by atoms with Gasteiger partial charge in [0.2, 0.25) is 5.91 Å². The molecule has 0 saturated heterocycles. The van der Waals surface area contributed by atoms with Gasteiger partial charge in [-0.2, -0.15) is 0 Å². The summed E-state index contributed by atoms with van der Waals surface area (Å²) in [6.07, 6.45) is 1.84. The third-order valence-corrected chi connectivity index (χ3v) is 2.13. The van der Waals surface area contributed by atoms with Crippen molar-refractivity contribution in [1.82, 2.24) is 10.2 Å². The lowest BCUT2D eigenvalue weighted by Gasteiger charge is -2.23. The van der Waals surface area contributed by atoms with Crippen molar-refractivity contribution in [2.45, 2.75) is 25.8 Å². The van der Waals surface area contributed by atoms with Crippen LogP contribution in [0.4, 0.5) is 4.79 Å². The van der Waals surface area contributed by atoms with E-state index in [1.807, 2.05) is 6.92 Å². The Labute approximate surface area is 106 Å². The van der Waals surface area contributed by atoms with Crippen LogP contribution in [0.15, 0.2) is 12.7 Å². The van der Waals surface area contributed by atoms with Gasteiger partial charge in [-0.1, -0.05) is 13.0 Å². The van der Waals surface area contributed by atoms with Gasteiger partial charge in [-0.25, -0.2) is 9.59 Å². The molecule has 0 spiro atoms. The maximum atomic E-state index is 11.8. The minimum Gasteiger partial charge on any atom is -0.480 e. The zero-order valence-corrected chi connectivity index (χ0v) is 10.4. The number of carboxylic acids is 1. The van der Waals surface area contributed by atoms with Crippen LogP contribution >= 0.6 is 0 Å². The van der Waals surface area contributed by atoms with Crippen molar-refractivity contribution in [3.05, 3.63) is 12.7 Å². The van der Waals surface area contributed by atoms with Crippen molar-refractivity contribution in [3.63, 3.8) is 0 Å². The summed E-state index contributed by atoms with van der Waals surface area (Å²) in [5.41, 5.74) is 4.92. The van der Waals surface area contributed by atoms with E-state index in [4.69, 9.17) is 10.8 Å². The Balaban J connectivity index is 4.58. The molecule has 18 heavy (non-hydrogen) atoms. The quantitative estimate of drug-likeness (QED) is 0.528. The Hall–Kier alpha value is -2.05. The zero-order chi connectivity index (χ0) is 14.1. The third-order valence-electron chi connectivity index (χ3n) is 2.13. The molecule has 0 heterocycles. The standard InChI is InChI=1S/C11H19N3O4/c1-3-5-14(6-4-2)11(18)13-8(10(16)17)7-9(12)15/h3,8H,1,4-7H2,2H3,(H2,12,15)(H,13,18)(H,16,17)/t8-/m0/s1. The highest BCUT2D eigenvalue weighted by molar-refractivity contribution is 5.87. The summed E-state index contributed by atoms with van der Waals surface area (Å²) in [4.78, 5) is 34.7. The van der Waals surface area contributed by atoms with Crippen LogP contribution in [0.25, 0.3) is 0 Å². The van der Waals surface area contributed by atoms with E-state index in [-0.39, 0.29) is 0 Å². The molecular formula is C11H19N3O4. The second-order valence-electron chi connectivity index (χ2n) is 3.75. The van der Waals surface area contributed by atoms with Crippen LogP contribution < -0.4 is 11.1 Å². The molecule has 0 aliphatic heterocycles. The predicted octanol–water partition coefficient (Wildman–Crippen LogP) is -0.0774. The minimum atomic E-state index is -1.31. The number of urea groups is 1. The summed E-state index contributed by atoms with van der Waals surface area (Å²) in [6, 6.07) is -1.86. The number of primary amides is 1. The van der Waals surface area contributed by atoms with E-state index < -0.39 is 30.4 Å². The summed E-state index contributed by atoms with van der Waals surface area (Å²) in [5.74, 6) is -2.08. The first-order chi connectivity index (χ1) is 8.42. The molecule has 7 nitrogen and oxygen atoms in total. The van der Waals surface area contributed by atoms with E-state index in [0.29, 0.717) is 13.1 Å². The van der Waals surface area contributed by atoms with Crippen LogP contribution in [0.1, 0.15) is 19.8 Å². The molecule has 0 fully saturated rings. The lowest BCUT2D eigenvalue weighted by atomic mass is 10.2. The fraction of sp³-hybridized carbons (Fsp3) is 0.545. The van der Waals surface area contributed by atoms with E-state index >= 15 is 0 Å². The summed E-state index contributed by atoms with van der Waals surface area (Å²) in [6.45, 7) is 6.19. The highest BCUT2D eigenvalue weighted by Crippen LogP contribution is 1.97. The van der Waals surface area contributed by atoms with Crippen molar-refractivity contribution in [2.75, 3.05) is 13.1 Å². The van der Waals surface area contributed by atoms with Crippen LogP contribution in [0.3, 0.4) is 0 Å². The van der Waals surface area contributed by atoms with Crippen LogP contribution in [0, 0.1) is 0 Å². The van der Waals surface area contributed by atoms with Crippen molar-refractivity contribution in [2.24, 2.45) is 5.73 Å². The van der Waals surface area contributed by atoms with Gasteiger partial charge >= 0.3 is 12.0 Å². The van der Waals surface area contributed by atoms with Gasteiger partial charge in [0, 0.05) is 13.1 Å². The largest absolute Gasteiger partial charge is 0.480 e. The van der Waals surface area contributed by atoms with Gasteiger partial charge in [0.1, 0.15) is 6.04 Å². The second kappa shape index (κ2) is 8.10. The molecule has 0 radical (unpaired) electrons. The molecule has 0 aliphatic carbocycles. The highest BCUT2D eigenvalue weighted by Gasteiger charge is 2.24. The molecule has 1 atom stereocenters. The SMILES string of the molecule is C=CCN(CCC)C(=O)N[C@@H](CC(N)=O)C(=O)O. The molecule has 0 saturated carbocycles. The Bertz CT molecular complexity index is 330. The Morgan fingerprint density at radius 3 is 2.50 bits per heavy atom. The molecule has 7 heteroatoms. The maximum absolute atomic E-state index is 11.8. The van der Waals surface area contributed by atoms with Gasteiger partial charge < -0.3 is 21.1 Å². The number of amides is 3. The lowest BCUT2D eigenvalue weighted by Crippen LogP contribution is -2.49. The molecule has 0 bridgehead atoms. The Kier molecular flexibility index (Phi) is 7.18. The number of nitrogens with zero attached hydrogens (tertiary/aromatic N) is 1. The number of nitrogens with one attached hydrogen (secondary N) is 1. The van der Waals surface area contributed by atoms with Gasteiger partial charge in [-0.05, 0) is 6.42 Å². The summed E-state index contributed by atoms with van der Waals surface area (Å²) < 4.78 is 0. The van der Waals surface area contributed by atoms with Gasteiger partial charge in [-0.15, -0.1) is 6.58 Å². The van der Waals surface area contributed by atoms with Crippen LogP contribution in [0.2, 0.25) is 0 Å². The highest BCUT2D eigenvalue weighted by atomic mass is 16.4. The first kappa shape index (κ1) is 16.0. The molecule has 0 aromatic carbocycles.